The first-order valence-corrected chi connectivity index (χ1v) is 22.3. The normalized spacial score (nSPS) is 14.0. The quantitative estimate of drug-likeness (QED) is 0.0127. The number of hydrogen-bond acceptors (Lipinski definition) is 7. The summed E-state index contributed by atoms with van der Waals surface area (Å²) >= 11 is 0. The summed E-state index contributed by atoms with van der Waals surface area (Å²) in [6.45, 7) is 4.26. The number of allylic oxidation sites excluding steroid dienone is 5. The minimum Gasteiger partial charge on any atom is -0.462 e. The fraction of sp³-hybridized carbons (Fsp3) is 0.810. The van der Waals surface area contributed by atoms with Crippen molar-refractivity contribution in [1.82, 2.24) is 0 Å². The molecule has 0 spiro atoms. The molecule has 0 bridgehead atoms. The van der Waals surface area contributed by atoms with Crippen LogP contribution in [0.4, 0.5) is 0 Å². The van der Waals surface area contributed by atoms with E-state index in [1.807, 2.05) is 33.3 Å². The summed E-state index contributed by atoms with van der Waals surface area (Å²) in [5.74, 6) is -1.06. The molecule has 304 valence electrons. The largest absolute Gasteiger partial charge is 0.472 e. The number of quaternary nitrogens is 1. The van der Waals surface area contributed by atoms with E-state index >= 15 is 0 Å². The third kappa shape index (κ3) is 38.0. The van der Waals surface area contributed by atoms with Gasteiger partial charge in [0.25, 0.3) is 0 Å². The van der Waals surface area contributed by atoms with Gasteiger partial charge in [0, 0.05) is 12.5 Å². The van der Waals surface area contributed by atoms with E-state index in [1.165, 1.54) is 102 Å². The Morgan fingerprint density at radius 3 is 1.65 bits per heavy atom. The van der Waals surface area contributed by atoms with Gasteiger partial charge in [-0.15, -0.1) is 0 Å². The molecular weight excluding hydrogens is 677 g/mol. The average molecular weight is 757 g/mol. The van der Waals surface area contributed by atoms with E-state index in [9.17, 15) is 19.0 Å². The summed E-state index contributed by atoms with van der Waals surface area (Å²) in [4.78, 5) is 35.1. The van der Waals surface area contributed by atoms with Gasteiger partial charge < -0.3 is 18.9 Å². The molecule has 0 aliphatic heterocycles. The summed E-state index contributed by atoms with van der Waals surface area (Å²) in [7, 11) is 1.42. The van der Waals surface area contributed by atoms with Gasteiger partial charge >= 0.3 is 19.8 Å². The van der Waals surface area contributed by atoms with Crippen LogP contribution in [0, 0.1) is 0 Å². The summed E-state index contributed by atoms with van der Waals surface area (Å²) in [5.41, 5.74) is 0. The molecule has 10 heteroatoms. The Bertz CT molecular complexity index is 991. The number of nitrogens with zero attached hydrogens (tertiary/aromatic N) is 1. The summed E-state index contributed by atoms with van der Waals surface area (Å²) < 4.78 is 34.0. The second kappa shape index (κ2) is 35.0. The van der Waals surface area contributed by atoms with Gasteiger partial charge in [-0.25, -0.2) is 9.36 Å². The third-order valence-corrected chi connectivity index (χ3v) is 9.73. The highest BCUT2D eigenvalue weighted by molar-refractivity contribution is 7.47. The lowest BCUT2D eigenvalue weighted by atomic mass is 10.1. The number of hydrogen-bond donors (Lipinski definition) is 1. The lowest BCUT2D eigenvalue weighted by Crippen LogP contribution is -2.37. The zero-order valence-corrected chi connectivity index (χ0v) is 34.9. The number of carbonyl (C=O) groups is 2. The first-order valence-electron chi connectivity index (χ1n) is 20.8. The van der Waals surface area contributed by atoms with E-state index in [2.05, 4.69) is 26.0 Å². The van der Waals surface area contributed by atoms with Crippen molar-refractivity contribution in [2.24, 2.45) is 0 Å². The van der Waals surface area contributed by atoms with E-state index in [-0.39, 0.29) is 19.6 Å². The standard InChI is InChI=1S/C42H78NO8P/c1-6-8-10-12-14-16-18-20-21-23-25-27-29-31-33-35-42(45)51-40(39-50-52(46,47)49-37-36-43(3,4)5)38-48-41(44)34-32-30-28-26-24-22-19-17-15-13-11-9-7-2/h17,19,29,31,33,35,40H,6-16,18,20-28,30,32,34,36-39H2,1-5H3/p+1/b19-17+,31-29+,35-33+/t40-/m1/s1. The molecule has 9 nitrogen and oxygen atoms in total. The lowest BCUT2D eigenvalue weighted by Gasteiger charge is -2.24. The highest BCUT2D eigenvalue weighted by atomic mass is 31.2. The Balaban J connectivity index is 4.52. The number of likely N-dealkylation sites (N-methyl/N-ethyl adjacent to an activating group) is 1. The van der Waals surface area contributed by atoms with Crippen molar-refractivity contribution in [3.8, 4) is 0 Å². The highest BCUT2D eigenvalue weighted by Gasteiger charge is 2.26. The van der Waals surface area contributed by atoms with E-state index in [4.69, 9.17) is 18.5 Å². The molecule has 1 N–H and O–H groups in total. The first kappa shape index (κ1) is 50.2. The van der Waals surface area contributed by atoms with Gasteiger partial charge in [0.05, 0.1) is 27.7 Å². The van der Waals surface area contributed by atoms with Gasteiger partial charge in [-0.2, -0.15) is 0 Å². The van der Waals surface area contributed by atoms with Crippen molar-refractivity contribution >= 4 is 19.8 Å². The van der Waals surface area contributed by atoms with Crippen molar-refractivity contribution in [3.05, 3.63) is 36.5 Å². The summed E-state index contributed by atoms with van der Waals surface area (Å²) in [6, 6.07) is 0. The van der Waals surface area contributed by atoms with Gasteiger partial charge in [-0.1, -0.05) is 147 Å². The molecule has 1 unspecified atom stereocenters. The molecule has 0 aromatic carbocycles. The van der Waals surface area contributed by atoms with Crippen LogP contribution in [-0.4, -0.2) is 74.9 Å². The van der Waals surface area contributed by atoms with Crippen LogP contribution < -0.4 is 0 Å². The van der Waals surface area contributed by atoms with Gasteiger partial charge in [-0.3, -0.25) is 13.8 Å². The van der Waals surface area contributed by atoms with Crippen molar-refractivity contribution < 1.29 is 42.1 Å². The van der Waals surface area contributed by atoms with Crippen molar-refractivity contribution in [3.63, 3.8) is 0 Å². The van der Waals surface area contributed by atoms with Gasteiger partial charge in [-0.05, 0) is 44.9 Å². The van der Waals surface area contributed by atoms with Crippen LogP contribution in [0.15, 0.2) is 36.5 Å². The van der Waals surface area contributed by atoms with E-state index in [1.54, 1.807) is 6.08 Å². The van der Waals surface area contributed by atoms with Gasteiger partial charge in [0.15, 0.2) is 6.10 Å². The molecule has 0 aromatic rings. The zero-order chi connectivity index (χ0) is 38.6. The number of phosphoric acid groups is 1. The van der Waals surface area contributed by atoms with Crippen molar-refractivity contribution in [1.29, 1.82) is 0 Å². The molecule has 0 aromatic heterocycles. The fourth-order valence-electron chi connectivity index (χ4n) is 5.44. The third-order valence-electron chi connectivity index (χ3n) is 8.75. The lowest BCUT2D eigenvalue weighted by molar-refractivity contribution is -0.870. The molecule has 0 aliphatic carbocycles. The molecule has 0 rings (SSSR count). The van der Waals surface area contributed by atoms with Crippen LogP contribution in [-0.2, 0) is 32.7 Å². The van der Waals surface area contributed by atoms with Crippen molar-refractivity contribution in [2.45, 2.75) is 174 Å². The maximum Gasteiger partial charge on any atom is 0.472 e. The molecule has 0 radical (unpaired) electrons. The fourth-order valence-corrected chi connectivity index (χ4v) is 6.19. The highest BCUT2D eigenvalue weighted by Crippen LogP contribution is 2.43. The Morgan fingerprint density at radius 1 is 0.635 bits per heavy atom. The number of rotatable bonds is 37. The maximum absolute atomic E-state index is 12.5. The topological polar surface area (TPSA) is 108 Å². The van der Waals surface area contributed by atoms with Crippen LogP contribution in [0.3, 0.4) is 0 Å². The Kier molecular flexibility index (Phi) is 33.8. The van der Waals surface area contributed by atoms with Crippen LogP contribution in [0.25, 0.3) is 0 Å². The number of ether oxygens (including phenoxy) is 2. The van der Waals surface area contributed by atoms with Gasteiger partial charge in [0.1, 0.15) is 19.8 Å². The van der Waals surface area contributed by atoms with Crippen LogP contribution in [0.2, 0.25) is 0 Å². The first-order chi connectivity index (χ1) is 25.0. The number of carbonyl (C=O) groups excluding carboxylic acids is 2. The predicted molar refractivity (Wildman–Crippen MR) is 215 cm³/mol. The summed E-state index contributed by atoms with van der Waals surface area (Å²) in [5, 5.41) is 0. The molecule has 0 saturated carbocycles. The Labute approximate surface area is 319 Å². The van der Waals surface area contributed by atoms with Crippen LogP contribution in [0.1, 0.15) is 168 Å². The second-order valence-corrected chi connectivity index (χ2v) is 16.5. The minimum absolute atomic E-state index is 0.0147. The predicted octanol–water partition coefficient (Wildman–Crippen LogP) is 11.4. The Hall–Kier alpha value is -1.77. The molecule has 0 amide bonds. The maximum atomic E-state index is 12.5. The number of esters is 2. The average Bonchev–Trinajstić information content (AvgIpc) is 3.09. The molecule has 2 atom stereocenters. The molecule has 52 heavy (non-hydrogen) atoms. The van der Waals surface area contributed by atoms with Gasteiger partial charge in [0.2, 0.25) is 0 Å². The van der Waals surface area contributed by atoms with Crippen LogP contribution in [0.5, 0.6) is 0 Å². The van der Waals surface area contributed by atoms with E-state index in [0.717, 1.165) is 44.9 Å². The monoisotopic (exact) mass is 757 g/mol. The van der Waals surface area contributed by atoms with E-state index in [0.29, 0.717) is 17.4 Å². The Morgan fingerprint density at radius 2 is 1.12 bits per heavy atom. The molecule has 0 aliphatic rings. The molecule has 0 fully saturated rings. The number of unbranched alkanes of at least 4 members (excludes halogenated alkanes) is 20. The second-order valence-electron chi connectivity index (χ2n) is 15.1. The summed E-state index contributed by atoms with van der Waals surface area (Å²) in [6.07, 6.45) is 38.2. The zero-order valence-electron chi connectivity index (χ0n) is 34.0. The number of phosphoric ester groups is 1. The molecular formula is C42H79NO8P+. The molecule has 0 heterocycles. The van der Waals surface area contributed by atoms with Crippen molar-refractivity contribution in [2.75, 3.05) is 47.5 Å². The molecule has 0 saturated heterocycles. The van der Waals surface area contributed by atoms with E-state index < -0.39 is 32.5 Å². The SMILES string of the molecule is CCCCCC/C=C/CCCCCCCC(=O)OC[C@H](COP(=O)(O)OCC[N+](C)(C)C)OC(=O)/C=C/C=C/CCCCCCCCCCCCC. The smallest absolute Gasteiger partial charge is 0.462 e. The minimum atomic E-state index is -4.40. The van der Waals surface area contributed by atoms with Crippen LogP contribution >= 0.6 is 7.82 Å².